The minimum atomic E-state index is 0.247. The van der Waals surface area contributed by atoms with Crippen molar-refractivity contribution in [3.8, 4) is 10.6 Å². The van der Waals surface area contributed by atoms with E-state index in [1.807, 2.05) is 23.6 Å². The zero-order valence-electron chi connectivity index (χ0n) is 15.3. The molecule has 25 heavy (non-hydrogen) atoms. The number of rotatable bonds is 3. The van der Waals surface area contributed by atoms with Crippen LogP contribution in [0.1, 0.15) is 45.7 Å². The van der Waals surface area contributed by atoms with Gasteiger partial charge >= 0.3 is 0 Å². The number of fused-ring (bicyclic) bond motifs is 2. The van der Waals surface area contributed by atoms with E-state index in [0.29, 0.717) is 23.3 Å². The van der Waals surface area contributed by atoms with Crippen LogP contribution >= 0.6 is 11.3 Å². The number of amides is 1. The highest BCUT2D eigenvalue weighted by Crippen LogP contribution is 2.52. The van der Waals surface area contributed by atoms with E-state index in [9.17, 15) is 4.79 Å². The lowest BCUT2D eigenvalue weighted by atomic mass is 9.65. The van der Waals surface area contributed by atoms with Gasteiger partial charge in [-0.05, 0) is 30.1 Å². The predicted molar refractivity (Wildman–Crippen MR) is 102 cm³/mol. The Labute approximate surface area is 154 Å². The number of carbonyl (C=O) groups is 1. The minimum Gasteiger partial charge on any atom is -0.339 e. The van der Waals surface area contributed by atoms with Gasteiger partial charge in [0.05, 0.1) is 12.1 Å². The predicted octanol–water partition coefficient (Wildman–Crippen LogP) is 4.78. The molecule has 0 N–H and O–H groups in total. The van der Waals surface area contributed by atoms with Crippen LogP contribution in [0.5, 0.6) is 0 Å². The lowest BCUT2D eigenvalue weighted by molar-refractivity contribution is -0.131. The highest BCUT2D eigenvalue weighted by atomic mass is 32.1. The van der Waals surface area contributed by atoms with Gasteiger partial charge < -0.3 is 4.90 Å². The van der Waals surface area contributed by atoms with Crippen molar-refractivity contribution in [2.45, 2.75) is 52.5 Å². The normalized spacial score (nSPS) is 27.5. The molecule has 2 aromatic rings. The number of nitrogens with zero attached hydrogens (tertiary/aromatic N) is 2. The van der Waals surface area contributed by atoms with Crippen molar-refractivity contribution in [1.82, 2.24) is 9.88 Å². The van der Waals surface area contributed by atoms with Crippen LogP contribution in [0.15, 0.2) is 35.7 Å². The van der Waals surface area contributed by atoms with Crippen molar-refractivity contribution in [1.29, 1.82) is 0 Å². The minimum absolute atomic E-state index is 0.247. The molecule has 2 aliphatic rings. The lowest BCUT2D eigenvalue weighted by Crippen LogP contribution is -2.38. The molecule has 1 aliphatic heterocycles. The van der Waals surface area contributed by atoms with Crippen molar-refractivity contribution < 1.29 is 4.79 Å². The summed E-state index contributed by atoms with van der Waals surface area (Å²) in [5.41, 5.74) is 2.66. The first-order valence-electron chi connectivity index (χ1n) is 9.13. The average molecular weight is 355 g/mol. The average Bonchev–Trinajstić information content (AvgIpc) is 3.09. The Morgan fingerprint density at radius 1 is 1.24 bits per heavy atom. The summed E-state index contributed by atoms with van der Waals surface area (Å²) in [5.74, 6) is 0.247. The SMILES string of the molecule is CC1(C)CC2CC(C)(CN2C(=O)Cc2csc(-c3ccccc3)n2)C1. The molecule has 4 heteroatoms. The summed E-state index contributed by atoms with van der Waals surface area (Å²) >= 11 is 1.62. The third-order valence-electron chi connectivity index (χ3n) is 5.64. The fourth-order valence-corrected chi connectivity index (χ4v) is 5.94. The molecule has 3 nitrogen and oxygen atoms in total. The van der Waals surface area contributed by atoms with Crippen molar-refractivity contribution in [2.75, 3.05) is 6.54 Å². The topological polar surface area (TPSA) is 33.2 Å². The van der Waals surface area contributed by atoms with Crippen LogP contribution in [0, 0.1) is 10.8 Å². The highest BCUT2D eigenvalue weighted by molar-refractivity contribution is 7.13. The van der Waals surface area contributed by atoms with Gasteiger partial charge in [0.25, 0.3) is 0 Å². The molecule has 2 fully saturated rings. The van der Waals surface area contributed by atoms with E-state index in [0.717, 1.165) is 35.7 Å². The number of benzene rings is 1. The molecule has 132 valence electrons. The van der Waals surface area contributed by atoms with E-state index in [2.05, 4.69) is 37.8 Å². The third kappa shape index (κ3) is 3.37. The van der Waals surface area contributed by atoms with Crippen LogP contribution in [0.4, 0.5) is 0 Å². The van der Waals surface area contributed by atoms with Gasteiger partial charge in [0.15, 0.2) is 0 Å². The number of thiazole rings is 1. The molecule has 1 saturated heterocycles. The quantitative estimate of drug-likeness (QED) is 0.795. The summed E-state index contributed by atoms with van der Waals surface area (Å²) < 4.78 is 0. The molecule has 1 aliphatic carbocycles. The van der Waals surface area contributed by atoms with Gasteiger partial charge in [-0.1, -0.05) is 51.1 Å². The molecule has 2 atom stereocenters. The first-order valence-corrected chi connectivity index (χ1v) is 10.0. The molecule has 2 heterocycles. The summed E-state index contributed by atoms with van der Waals surface area (Å²) in [6.45, 7) is 7.95. The zero-order chi connectivity index (χ0) is 17.7. The maximum atomic E-state index is 12.9. The van der Waals surface area contributed by atoms with Crippen LogP contribution in [-0.4, -0.2) is 28.4 Å². The fraction of sp³-hybridized carbons (Fsp3) is 0.524. The Balaban J connectivity index is 1.47. The molecule has 0 spiro atoms. The third-order valence-corrected chi connectivity index (χ3v) is 6.58. The lowest BCUT2D eigenvalue weighted by Gasteiger charge is -2.39. The number of carbonyl (C=O) groups excluding carboxylic acids is 1. The number of hydrogen-bond acceptors (Lipinski definition) is 3. The van der Waals surface area contributed by atoms with Crippen molar-refractivity contribution in [3.63, 3.8) is 0 Å². The molecule has 2 bridgehead atoms. The maximum Gasteiger partial charge on any atom is 0.228 e. The van der Waals surface area contributed by atoms with E-state index < -0.39 is 0 Å². The Hall–Kier alpha value is -1.68. The first kappa shape index (κ1) is 16.8. The van der Waals surface area contributed by atoms with Crippen LogP contribution < -0.4 is 0 Å². The second kappa shape index (κ2) is 5.94. The Kier molecular flexibility index (Phi) is 3.99. The molecular weight excluding hydrogens is 328 g/mol. The highest BCUT2D eigenvalue weighted by Gasteiger charge is 2.50. The standard InChI is InChI=1S/C21H26N2OS/c1-20(2)10-17-11-21(3,13-20)14-23(17)18(24)9-16-12-25-19(22-16)15-7-5-4-6-8-15/h4-8,12,17H,9-11,13-14H2,1-3H3. The van der Waals surface area contributed by atoms with Crippen molar-refractivity contribution in [3.05, 3.63) is 41.4 Å². The van der Waals surface area contributed by atoms with Crippen LogP contribution in [0.3, 0.4) is 0 Å². The molecule has 1 aromatic carbocycles. The van der Waals surface area contributed by atoms with E-state index in [4.69, 9.17) is 4.98 Å². The molecule has 0 radical (unpaired) electrons. The second-order valence-corrected chi connectivity index (χ2v) is 9.78. The summed E-state index contributed by atoms with van der Waals surface area (Å²) in [7, 11) is 0. The number of aromatic nitrogens is 1. The Morgan fingerprint density at radius 2 is 2.00 bits per heavy atom. The summed E-state index contributed by atoms with van der Waals surface area (Å²) in [6, 6.07) is 10.6. The Morgan fingerprint density at radius 3 is 2.76 bits per heavy atom. The molecule has 2 unspecified atom stereocenters. The van der Waals surface area contributed by atoms with Crippen LogP contribution in [0.2, 0.25) is 0 Å². The molecule has 1 aromatic heterocycles. The maximum absolute atomic E-state index is 12.9. The van der Waals surface area contributed by atoms with Gasteiger partial charge in [0.1, 0.15) is 5.01 Å². The van der Waals surface area contributed by atoms with Crippen LogP contribution in [-0.2, 0) is 11.2 Å². The monoisotopic (exact) mass is 354 g/mol. The smallest absolute Gasteiger partial charge is 0.228 e. The second-order valence-electron chi connectivity index (χ2n) is 8.92. The largest absolute Gasteiger partial charge is 0.339 e. The zero-order valence-corrected chi connectivity index (χ0v) is 16.1. The van der Waals surface area contributed by atoms with E-state index in [-0.39, 0.29) is 5.91 Å². The van der Waals surface area contributed by atoms with Gasteiger partial charge in [-0.2, -0.15) is 0 Å². The summed E-state index contributed by atoms with van der Waals surface area (Å²) in [5, 5.41) is 3.03. The summed E-state index contributed by atoms with van der Waals surface area (Å²) in [6.07, 6.45) is 3.93. The van der Waals surface area contributed by atoms with E-state index in [1.165, 1.54) is 6.42 Å². The fourth-order valence-electron chi connectivity index (χ4n) is 5.11. The van der Waals surface area contributed by atoms with Crippen LogP contribution in [0.25, 0.3) is 10.6 Å². The van der Waals surface area contributed by atoms with E-state index >= 15 is 0 Å². The van der Waals surface area contributed by atoms with Crippen molar-refractivity contribution in [2.24, 2.45) is 10.8 Å². The van der Waals surface area contributed by atoms with E-state index in [1.54, 1.807) is 11.3 Å². The molecule has 1 amide bonds. The summed E-state index contributed by atoms with van der Waals surface area (Å²) in [4.78, 5) is 19.8. The van der Waals surface area contributed by atoms with Gasteiger partial charge in [0, 0.05) is 23.5 Å². The van der Waals surface area contributed by atoms with Gasteiger partial charge in [-0.15, -0.1) is 11.3 Å². The number of likely N-dealkylation sites (tertiary alicyclic amines) is 1. The van der Waals surface area contributed by atoms with Gasteiger partial charge in [0.2, 0.25) is 5.91 Å². The van der Waals surface area contributed by atoms with Gasteiger partial charge in [-0.3, -0.25) is 4.79 Å². The molecular formula is C21H26N2OS. The number of hydrogen-bond donors (Lipinski definition) is 0. The molecule has 4 rings (SSSR count). The van der Waals surface area contributed by atoms with Crippen molar-refractivity contribution >= 4 is 17.2 Å². The first-order chi connectivity index (χ1) is 11.8. The molecule has 1 saturated carbocycles. The van der Waals surface area contributed by atoms with Gasteiger partial charge in [-0.25, -0.2) is 4.98 Å². The Bertz CT molecular complexity index is 782.